The number of hydrogen-bond acceptors (Lipinski definition) is 3. The lowest BCUT2D eigenvalue weighted by Gasteiger charge is -2.23. The summed E-state index contributed by atoms with van der Waals surface area (Å²) in [5.41, 5.74) is 4.14. The van der Waals surface area contributed by atoms with Crippen molar-refractivity contribution in [3.05, 3.63) is 27.4 Å². The number of halogens is 1. The van der Waals surface area contributed by atoms with Crippen molar-refractivity contribution in [2.45, 2.75) is 51.7 Å². The first-order valence-electron chi connectivity index (χ1n) is 8.34. The molecular formula is C18H20BrN3O. The van der Waals surface area contributed by atoms with Crippen molar-refractivity contribution in [2.24, 2.45) is 5.92 Å². The number of nitriles is 1. The maximum absolute atomic E-state index is 9.55. The van der Waals surface area contributed by atoms with Gasteiger partial charge >= 0.3 is 0 Å². The third-order valence-electron chi connectivity index (χ3n) is 5.20. The molecule has 0 amide bonds. The van der Waals surface area contributed by atoms with Crippen molar-refractivity contribution in [3.8, 4) is 6.07 Å². The van der Waals surface area contributed by atoms with Gasteiger partial charge in [0, 0.05) is 11.1 Å². The summed E-state index contributed by atoms with van der Waals surface area (Å²) in [6, 6.07) is 4.46. The highest BCUT2D eigenvalue weighted by Gasteiger charge is 2.37. The molecule has 1 aliphatic heterocycles. The van der Waals surface area contributed by atoms with Gasteiger partial charge in [-0.1, -0.05) is 6.92 Å². The molecule has 5 heteroatoms. The van der Waals surface area contributed by atoms with E-state index >= 15 is 0 Å². The van der Waals surface area contributed by atoms with E-state index in [2.05, 4.69) is 47.0 Å². The summed E-state index contributed by atoms with van der Waals surface area (Å²) in [6.07, 6.45) is 4.39. The van der Waals surface area contributed by atoms with Gasteiger partial charge in [0.05, 0.1) is 10.9 Å². The summed E-state index contributed by atoms with van der Waals surface area (Å²) in [5, 5.41) is 15.1. The molecule has 0 bridgehead atoms. The van der Waals surface area contributed by atoms with E-state index in [-0.39, 0.29) is 6.23 Å². The molecule has 1 aromatic carbocycles. The lowest BCUT2D eigenvalue weighted by molar-refractivity contribution is -0.0367. The van der Waals surface area contributed by atoms with Crippen LogP contribution >= 0.6 is 15.9 Å². The molecule has 1 aromatic heterocycles. The number of ether oxygens (including phenoxy) is 1. The summed E-state index contributed by atoms with van der Waals surface area (Å²) in [7, 11) is 0. The Morgan fingerprint density at radius 2 is 2.22 bits per heavy atom. The van der Waals surface area contributed by atoms with Crippen molar-refractivity contribution < 1.29 is 4.74 Å². The zero-order valence-electron chi connectivity index (χ0n) is 13.5. The summed E-state index contributed by atoms with van der Waals surface area (Å²) in [5.74, 6) is 1.33. The fraction of sp³-hybridized carbons (Fsp3) is 0.556. The smallest absolute Gasteiger partial charge is 0.171 e. The minimum atomic E-state index is -0.0506. The number of fused-ring (bicyclic) bond motifs is 1. The Kier molecular flexibility index (Phi) is 3.70. The fourth-order valence-electron chi connectivity index (χ4n) is 3.79. The standard InChI is InChI=1S/C18H20BrN3O/c1-10-7-12(10)16-11(2)8-14-17(18(16)19)13(9-20)21-22(14)15-5-3-4-6-23-15/h8,10,12,15H,3-7H2,1-2H3/t10-,12+,15?/m1/s1. The second kappa shape index (κ2) is 5.61. The Morgan fingerprint density at radius 1 is 1.43 bits per heavy atom. The largest absolute Gasteiger partial charge is 0.356 e. The molecule has 23 heavy (non-hydrogen) atoms. The van der Waals surface area contributed by atoms with Crippen LogP contribution in [-0.4, -0.2) is 16.4 Å². The molecule has 0 spiro atoms. The van der Waals surface area contributed by atoms with Crippen LogP contribution in [0.1, 0.15) is 61.6 Å². The maximum atomic E-state index is 9.55. The van der Waals surface area contributed by atoms with E-state index in [0.717, 1.165) is 47.2 Å². The van der Waals surface area contributed by atoms with Gasteiger partial charge in [0.15, 0.2) is 11.9 Å². The first-order chi connectivity index (χ1) is 11.1. The quantitative estimate of drug-likeness (QED) is 0.759. The summed E-state index contributed by atoms with van der Waals surface area (Å²) < 4.78 is 8.87. The van der Waals surface area contributed by atoms with Crippen LogP contribution in [-0.2, 0) is 4.74 Å². The molecule has 3 atom stereocenters. The van der Waals surface area contributed by atoms with Crippen molar-refractivity contribution in [3.63, 3.8) is 0 Å². The van der Waals surface area contributed by atoms with E-state index in [4.69, 9.17) is 4.74 Å². The molecule has 0 N–H and O–H groups in total. The van der Waals surface area contributed by atoms with Crippen molar-refractivity contribution in [1.29, 1.82) is 5.26 Å². The van der Waals surface area contributed by atoms with E-state index in [9.17, 15) is 5.26 Å². The highest BCUT2D eigenvalue weighted by molar-refractivity contribution is 9.10. The maximum Gasteiger partial charge on any atom is 0.171 e. The summed E-state index contributed by atoms with van der Waals surface area (Å²) in [4.78, 5) is 0. The first kappa shape index (κ1) is 15.2. The molecule has 1 unspecified atom stereocenters. The van der Waals surface area contributed by atoms with E-state index in [1.807, 2.05) is 4.68 Å². The molecule has 0 radical (unpaired) electrons. The van der Waals surface area contributed by atoms with Crippen LogP contribution in [0, 0.1) is 24.2 Å². The Labute approximate surface area is 144 Å². The van der Waals surface area contributed by atoms with Gasteiger partial charge in [0.2, 0.25) is 0 Å². The number of aryl methyl sites for hydroxylation is 1. The molecule has 1 saturated heterocycles. The van der Waals surface area contributed by atoms with Crippen LogP contribution in [0.3, 0.4) is 0 Å². The molecule has 2 fully saturated rings. The van der Waals surface area contributed by atoms with E-state index in [1.54, 1.807) is 0 Å². The molecule has 1 saturated carbocycles. The molecule has 1 aliphatic carbocycles. The average molecular weight is 374 g/mol. The highest BCUT2D eigenvalue weighted by atomic mass is 79.9. The van der Waals surface area contributed by atoms with Gasteiger partial charge in [-0.3, -0.25) is 0 Å². The molecule has 2 heterocycles. The monoisotopic (exact) mass is 373 g/mol. The van der Waals surface area contributed by atoms with Crippen molar-refractivity contribution >= 4 is 26.8 Å². The van der Waals surface area contributed by atoms with Crippen molar-refractivity contribution in [2.75, 3.05) is 6.61 Å². The molecule has 2 aromatic rings. The summed E-state index contributed by atoms with van der Waals surface area (Å²) >= 11 is 3.78. The van der Waals surface area contributed by atoms with Crippen LogP contribution < -0.4 is 0 Å². The first-order valence-corrected chi connectivity index (χ1v) is 9.14. The topological polar surface area (TPSA) is 50.8 Å². The molecule has 4 nitrogen and oxygen atoms in total. The number of benzene rings is 1. The third-order valence-corrected chi connectivity index (χ3v) is 6.02. The number of aromatic nitrogens is 2. The second-order valence-electron chi connectivity index (χ2n) is 6.86. The zero-order chi connectivity index (χ0) is 16.1. The van der Waals surface area contributed by atoms with E-state index in [1.165, 1.54) is 17.5 Å². The van der Waals surface area contributed by atoms with Crippen LogP contribution in [0.15, 0.2) is 10.5 Å². The predicted molar refractivity (Wildman–Crippen MR) is 92.2 cm³/mol. The minimum Gasteiger partial charge on any atom is -0.356 e. The lowest BCUT2D eigenvalue weighted by atomic mass is 10.00. The minimum absolute atomic E-state index is 0.0506. The summed E-state index contributed by atoms with van der Waals surface area (Å²) in [6.45, 7) is 5.21. The van der Waals surface area contributed by atoms with Crippen LogP contribution in [0.5, 0.6) is 0 Å². The Balaban J connectivity index is 1.92. The Morgan fingerprint density at radius 3 is 2.83 bits per heavy atom. The highest BCUT2D eigenvalue weighted by Crippen LogP contribution is 2.52. The average Bonchev–Trinajstić information content (AvgIpc) is 3.14. The zero-order valence-corrected chi connectivity index (χ0v) is 15.1. The second-order valence-corrected chi connectivity index (χ2v) is 7.65. The Hall–Kier alpha value is -1.38. The van der Waals surface area contributed by atoms with E-state index < -0.39 is 0 Å². The molecular weight excluding hydrogens is 354 g/mol. The molecule has 120 valence electrons. The van der Waals surface area contributed by atoms with Gasteiger partial charge in [-0.15, -0.1) is 0 Å². The lowest BCUT2D eigenvalue weighted by Crippen LogP contribution is -2.19. The van der Waals surface area contributed by atoms with Gasteiger partial charge in [0.25, 0.3) is 0 Å². The Bertz CT molecular complexity index is 814. The van der Waals surface area contributed by atoms with Gasteiger partial charge in [-0.05, 0) is 77.6 Å². The van der Waals surface area contributed by atoms with Gasteiger partial charge < -0.3 is 4.74 Å². The molecule has 2 aliphatic rings. The number of nitrogens with zero attached hydrogens (tertiary/aromatic N) is 3. The van der Waals surface area contributed by atoms with Gasteiger partial charge in [0.1, 0.15) is 6.07 Å². The van der Waals surface area contributed by atoms with Crippen LogP contribution in [0.25, 0.3) is 10.9 Å². The van der Waals surface area contributed by atoms with E-state index in [0.29, 0.717) is 11.6 Å². The third kappa shape index (κ3) is 2.40. The van der Waals surface area contributed by atoms with Gasteiger partial charge in [-0.25, -0.2) is 4.68 Å². The normalized spacial score (nSPS) is 27.1. The van der Waals surface area contributed by atoms with Crippen LogP contribution in [0.4, 0.5) is 0 Å². The fourth-order valence-corrected chi connectivity index (χ4v) is 4.78. The SMILES string of the molecule is Cc1cc2c(c(C#N)nn2C2CCCCO2)c(Br)c1[C@H]1C[C@H]1C. The molecule has 4 rings (SSSR count). The number of hydrogen-bond donors (Lipinski definition) is 0. The van der Waals surface area contributed by atoms with Crippen molar-refractivity contribution in [1.82, 2.24) is 9.78 Å². The number of rotatable bonds is 2. The van der Waals surface area contributed by atoms with Gasteiger partial charge in [-0.2, -0.15) is 10.4 Å². The predicted octanol–water partition coefficient (Wildman–Crippen LogP) is 4.80. The van der Waals surface area contributed by atoms with Crippen LogP contribution in [0.2, 0.25) is 0 Å².